The third kappa shape index (κ3) is 4.04. The van der Waals surface area contributed by atoms with E-state index in [1.54, 1.807) is 0 Å². The number of nitrogen functional groups attached to an aromatic ring is 1. The van der Waals surface area contributed by atoms with E-state index in [0.29, 0.717) is 18.4 Å². The van der Waals surface area contributed by atoms with Gasteiger partial charge in [-0.2, -0.15) is 0 Å². The minimum Gasteiger partial charge on any atom is -0.395 e. The van der Waals surface area contributed by atoms with Crippen LogP contribution in [-0.4, -0.2) is 34.3 Å². The first kappa shape index (κ1) is 16.0. The molecule has 0 bridgehead atoms. The Morgan fingerprint density at radius 2 is 2.05 bits per heavy atom. The molecule has 0 spiro atoms. The van der Waals surface area contributed by atoms with Gasteiger partial charge in [-0.05, 0) is 12.8 Å². The van der Waals surface area contributed by atoms with Gasteiger partial charge in [-0.1, -0.05) is 33.1 Å². The van der Waals surface area contributed by atoms with Gasteiger partial charge >= 0.3 is 0 Å². The summed E-state index contributed by atoms with van der Waals surface area (Å²) >= 11 is 0. The smallest absolute Gasteiger partial charge is 0.145 e. The van der Waals surface area contributed by atoms with Crippen molar-refractivity contribution >= 4 is 11.6 Å². The van der Waals surface area contributed by atoms with Gasteiger partial charge < -0.3 is 15.4 Å². The van der Waals surface area contributed by atoms with Crippen LogP contribution in [0.2, 0.25) is 0 Å². The van der Waals surface area contributed by atoms with Gasteiger partial charge in [0.1, 0.15) is 17.5 Å². The van der Waals surface area contributed by atoms with E-state index >= 15 is 0 Å². The molecule has 1 aliphatic carbocycles. The van der Waals surface area contributed by atoms with Gasteiger partial charge in [0.2, 0.25) is 0 Å². The van der Waals surface area contributed by atoms with Crippen LogP contribution in [0.3, 0.4) is 0 Å². The predicted molar refractivity (Wildman–Crippen MR) is 85.2 cm³/mol. The average Bonchev–Trinajstić information content (AvgIpc) is 2.52. The zero-order valence-corrected chi connectivity index (χ0v) is 13.0. The molecule has 118 valence electrons. The number of hydrogen-bond acceptors (Lipinski definition) is 6. The van der Waals surface area contributed by atoms with Gasteiger partial charge in [0.15, 0.2) is 0 Å². The van der Waals surface area contributed by atoms with Gasteiger partial charge in [-0.3, -0.25) is 0 Å². The Hall–Kier alpha value is -1.40. The highest BCUT2D eigenvalue weighted by Crippen LogP contribution is 2.28. The first-order valence-electron chi connectivity index (χ1n) is 7.88. The number of anilines is 2. The molecule has 6 nitrogen and oxygen atoms in total. The van der Waals surface area contributed by atoms with Crippen LogP contribution in [-0.2, 0) is 0 Å². The van der Waals surface area contributed by atoms with E-state index in [4.69, 9.17) is 5.84 Å². The molecule has 1 fully saturated rings. The minimum atomic E-state index is 0.128. The van der Waals surface area contributed by atoms with Crippen LogP contribution in [0.1, 0.15) is 57.7 Å². The van der Waals surface area contributed by atoms with E-state index in [2.05, 4.69) is 34.1 Å². The van der Waals surface area contributed by atoms with Crippen molar-refractivity contribution in [3.63, 3.8) is 0 Å². The molecule has 1 saturated carbocycles. The summed E-state index contributed by atoms with van der Waals surface area (Å²) in [7, 11) is 0. The van der Waals surface area contributed by atoms with E-state index in [-0.39, 0.29) is 12.5 Å². The van der Waals surface area contributed by atoms with Crippen molar-refractivity contribution in [1.82, 2.24) is 9.97 Å². The van der Waals surface area contributed by atoms with Crippen molar-refractivity contribution in [2.75, 3.05) is 23.5 Å². The third-order valence-corrected chi connectivity index (χ3v) is 4.04. The highest BCUT2D eigenvalue weighted by molar-refractivity contribution is 5.50. The molecule has 0 atom stereocenters. The molecule has 21 heavy (non-hydrogen) atoms. The van der Waals surface area contributed by atoms with E-state index in [1.807, 2.05) is 6.07 Å². The first-order valence-corrected chi connectivity index (χ1v) is 7.88. The number of nitrogens with two attached hydrogens (primary N) is 1. The Labute approximate surface area is 126 Å². The Balaban J connectivity index is 2.31. The Morgan fingerprint density at radius 3 is 2.62 bits per heavy atom. The lowest BCUT2D eigenvalue weighted by Crippen LogP contribution is -2.39. The topological polar surface area (TPSA) is 87.3 Å². The highest BCUT2D eigenvalue weighted by Gasteiger charge is 2.23. The third-order valence-electron chi connectivity index (χ3n) is 4.04. The molecule has 0 aromatic carbocycles. The van der Waals surface area contributed by atoms with Gasteiger partial charge in [0.05, 0.1) is 6.61 Å². The van der Waals surface area contributed by atoms with Crippen molar-refractivity contribution in [1.29, 1.82) is 0 Å². The lowest BCUT2D eigenvalue weighted by molar-refractivity contribution is 0.289. The number of aromatic nitrogens is 2. The van der Waals surface area contributed by atoms with Crippen LogP contribution < -0.4 is 16.2 Å². The molecular formula is C15H27N5O. The van der Waals surface area contributed by atoms with Gasteiger partial charge in [0, 0.05) is 24.6 Å². The van der Waals surface area contributed by atoms with E-state index in [9.17, 15) is 5.11 Å². The van der Waals surface area contributed by atoms with Crippen molar-refractivity contribution in [2.45, 2.75) is 57.9 Å². The van der Waals surface area contributed by atoms with Crippen LogP contribution >= 0.6 is 0 Å². The standard InChI is InChI=1S/C15H27N5O/c1-11(2)15-17-13(19-16)10-14(18-15)20(8-9-21)12-6-4-3-5-7-12/h10-12,21H,3-9,16H2,1-2H3,(H,17,18,19). The normalized spacial score (nSPS) is 16.2. The molecule has 0 amide bonds. The summed E-state index contributed by atoms with van der Waals surface area (Å²) in [6, 6.07) is 2.32. The summed E-state index contributed by atoms with van der Waals surface area (Å²) in [6.45, 7) is 4.86. The summed E-state index contributed by atoms with van der Waals surface area (Å²) in [4.78, 5) is 11.3. The molecule has 1 aliphatic rings. The van der Waals surface area contributed by atoms with Crippen molar-refractivity contribution in [2.24, 2.45) is 5.84 Å². The highest BCUT2D eigenvalue weighted by atomic mass is 16.3. The SMILES string of the molecule is CC(C)c1nc(NN)cc(N(CCO)C2CCCCC2)n1. The Morgan fingerprint density at radius 1 is 1.33 bits per heavy atom. The lowest BCUT2D eigenvalue weighted by atomic mass is 9.94. The van der Waals surface area contributed by atoms with Crippen LogP contribution in [0, 0.1) is 0 Å². The largest absolute Gasteiger partial charge is 0.395 e. The molecule has 1 aromatic rings. The molecule has 1 heterocycles. The van der Waals surface area contributed by atoms with Crippen LogP contribution in [0.4, 0.5) is 11.6 Å². The Bertz CT molecular complexity index is 446. The summed E-state index contributed by atoms with van der Waals surface area (Å²) in [5.74, 6) is 8.04. The number of aliphatic hydroxyl groups is 1. The van der Waals surface area contributed by atoms with Crippen LogP contribution in [0.25, 0.3) is 0 Å². The maximum absolute atomic E-state index is 9.41. The maximum atomic E-state index is 9.41. The fourth-order valence-electron chi connectivity index (χ4n) is 2.92. The molecule has 6 heteroatoms. The van der Waals surface area contributed by atoms with E-state index < -0.39 is 0 Å². The number of hydrazine groups is 1. The van der Waals surface area contributed by atoms with Crippen LogP contribution in [0.15, 0.2) is 6.07 Å². The molecule has 0 saturated heterocycles. The second-order valence-electron chi connectivity index (χ2n) is 5.98. The fourth-order valence-corrected chi connectivity index (χ4v) is 2.92. The summed E-state index contributed by atoms with van der Waals surface area (Å²) in [5, 5.41) is 9.41. The monoisotopic (exact) mass is 293 g/mol. The van der Waals surface area contributed by atoms with E-state index in [1.165, 1.54) is 19.3 Å². The maximum Gasteiger partial charge on any atom is 0.145 e. The zero-order valence-electron chi connectivity index (χ0n) is 13.0. The predicted octanol–water partition coefficient (Wildman–Crippen LogP) is 2.02. The molecule has 4 N–H and O–H groups in total. The molecule has 0 radical (unpaired) electrons. The van der Waals surface area contributed by atoms with Crippen molar-refractivity contribution < 1.29 is 5.11 Å². The van der Waals surface area contributed by atoms with Gasteiger partial charge in [0.25, 0.3) is 0 Å². The minimum absolute atomic E-state index is 0.128. The molecular weight excluding hydrogens is 266 g/mol. The van der Waals surface area contributed by atoms with Gasteiger partial charge in [-0.25, -0.2) is 15.8 Å². The first-order chi connectivity index (χ1) is 10.2. The molecule has 0 unspecified atom stereocenters. The number of nitrogens with one attached hydrogen (secondary N) is 1. The number of hydrogen-bond donors (Lipinski definition) is 3. The summed E-state index contributed by atoms with van der Waals surface area (Å²) in [5.41, 5.74) is 2.62. The molecule has 1 aromatic heterocycles. The second-order valence-corrected chi connectivity index (χ2v) is 5.98. The zero-order chi connectivity index (χ0) is 15.2. The number of aliphatic hydroxyl groups excluding tert-OH is 1. The van der Waals surface area contributed by atoms with Crippen LogP contribution in [0.5, 0.6) is 0 Å². The summed E-state index contributed by atoms with van der Waals surface area (Å²) in [6.07, 6.45) is 6.12. The van der Waals surface area contributed by atoms with Gasteiger partial charge in [-0.15, -0.1) is 0 Å². The van der Waals surface area contributed by atoms with Crippen molar-refractivity contribution in [3.8, 4) is 0 Å². The number of rotatable bonds is 6. The number of nitrogens with zero attached hydrogens (tertiary/aromatic N) is 3. The second kappa shape index (κ2) is 7.56. The van der Waals surface area contributed by atoms with E-state index in [0.717, 1.165) is 24.5 Å². The summed E-state index contributed by atoms with van der Waals surface area (Å²) < 4.78 is 0. The molecule has 0 aliphatic heterocycles. The average molecular weight is 293 g/mol. The molecule has 2 rings (SSSR count). The fraction of sp³-hybridized carbons (Fsp3) is 0.733. The van der Waals surface area contributed by atoms with Crippen molar-refractivity contribution in [3.05, 3.63) is 11.9 Å². The Kier molecular flexibility index (Phi) is 5.76. The quantitative estimate of drug-likeness (QED) is 0.549. The lowest BCUT2D eigenvalue weighted by Gasteiger charge is -2.35.